The van der Waals surface area contributed by atoms with Gasteiger partial charge in [-0.2, -0.15) is 0 Å². The minimum Gasteiger partial charge on any atom is -0.361 e. The van der Waals surface area contributed by atoms with E-state index in [0.29, 0.717) is 16.7 Å². The van der Waals surface area contributed by atoms with Crippen molar-refractivity contribution < 1.29 is 9.32 Å². The van der Waals surface area contributed by atoms with Crippen LogP contribution < -0.4 is 5.32 Å². The molecular weight excluding hydrogens is 204 g/mol. The number of hydrogen-bond donors (Lipinski definition) is 1. The highest BCUT2D eigenvalue weighted by Crippen LogP contribution is 2.36. The van der Waals surface area contributed by atoms with Gasteiger partial charge in [0, 0.05) is 6.04 Å². The highest BCUT2D eigenvalue weighted by molar-refractivity contribution is 5.94. The van der Waals surface area contributed by atoms with Gasteiger partial charge in [0.15, 0.2) is 0 Å². The summed E-state index contributed by atoms with van der Waals surface area (Å²) in [6, 6.07) is 0.289. The van der Waals surface area contributed by atoms with Crippen LogP contribution in [0.4, 0.5) is 0 Å². The fourth-order valence-electron chi connectivity index (χ4n) is 2.34. The van der Waals surface area contributed by atoms with E-state index in [-0.39, 0.29) is 11.9 Å². The van der Waals surface area contributed by atoms with Gasteiger partial charge in [-0.25, -0.2) is 0 Å². The lowest BCUT2D eigenvalue weighted by molar-refractivity contribution is 0.0934. The minimum absolute atomic E-state index is 0.0681. The molecule has 1 aliphatic rings. The Balaban J connectivity index is 1.97. The molecule has 1 unspecified atom stereocenters. The van der Waals surface area contributed by atoms with E-state index in [1.807, 2.05) is 0 Å². The third-order valence-corrected chi connectivity index (χ3v) is 3.30. The molecule has 1 atom stereocenters. The number of carbonyl (C=O) groups is 1. The van der Waals surface area contributed by atoms with Gasteiger partial charge in [0.05, 0.1) is 6.20 Å². The average molecular weight is 222 g/mol. The second kappa shape index (κ2) is 3.92. The maximum absolute atomic E-state index is 11.9. The lowest BCUT2D eigenvalue weighted by Crippen LogP contribution is -2.33. The maximum atomic E-state index is 11.9. The van der Waals surface area contributed by atoms with Gasteiger partial charge < -0.3 is 9.84 Å². The molecule has 0 aromatic carbocycles. The highest BCUT2D eigenvalue weighted by Gasteiger charge is 2.32. The molecule has 1 fully saturated rings. The Morgan fingerprint density at radius 1 is 1.62 bits per heavy atom. The SMILES string of the molecule is Cc1oncc1C(=O)NC1CCC(C)(C)C1. The largest absolute Gasteiger partial charge is 0.361 e. The lowest BCUT2D eigenvalue weighted by atomic mass is 9.92. The van der Waals surface area contributed by atoms with Crippen molar-refractivity contribution >= 4 is 5.91 Å². The molecule has 1 amide bonds. The van der Waals surface area contributed by atoms with Crippen LogP contribution >= 0.6 is 0 Å². The van der Waals surface area contributed by atoms with E-state index < -0.39 is 0 Å². The Hall–Kier alpha value is -1.32. The quantitative estimate of drug-likeness (QED) is 0.835. The van der Waals surface area contributed by atoms with Crippen molar-refractivity contribution in [2.45, 2.75) is 46.1 Å². The molecule has 4 heteroatoms. The fraction of sp³-hybridized carbons (Fsp3) is 0.667. The predicted octanol–water partition coefficient (Wildman–Crippen LogP) is 2.29. The third-order valence-electron chi connectivity index (χ3n) is 3.30. The topological polar surface area (TPSA) is 55.1 Å². The molecule has 0 spiro atoms. The van der Waals surface area contributed by atoms with Crippen LogP contribution in [0.3, 0.4) is 0 Å². The number of aryl methyl sites for hydroxylation is 1. The molecule has 4 nitrogen and oxygen atoms in total. The van der Waals surface area contributed by atoms with E-state index in [0.717, 1.165) is 12.8 Å². The first-order valence-electron chi connectivity index (χ1n) is 5.70. The van der Waals surface area contributed by atoms with Crippen molar-refractivity contribution in [1.29, 1.82) is 0 Å². The summed E-state index contributed by atoms with van der Waals surface area (Å²) >= 11 is 0. The summed E-state index contributed by atoms with van der Waals surface area (Å²) in [4.78, 5) is 11.9. The number of hydrogen-bond acceptors (Lipinski definition) is 3. The van der Waals surface area contributed by atoms with E-state index >= 15 is 0 Å². The number of amides is 1. The molecule has 1 heterocycles. The monoisotopic (exact) mass is 222 g/mol. The van der Waals surface area contributed by atoms with Gasteiger partial charge in [-0.15, -0.1) is 0 Å². The summed E-state index contributed by atoms with van der Waals surface area (Å²) in [6.45, 7) is 6.23. The van der Waals surface area contributed by atoms with E-state index in [1.54, 1.807) is 6.92 Å². The number of rotatable bonds is 2. The van der Waals surface area contributed by atoms with Crippen LogP contribution in [0.5, 0.6) is 0 Å². The summed E-state index contributed by atoms with van der Waals surface area (Å²) in [6.07, 6.45) is 4.75. The predicted molar refractivity (Wildman–Crippen MR) is 60.1 cm³/mol. The van der Waals surface area contributed by atoms with Gasteiger partial charge in [-0.3, -0.25) is 4.79 Å². The molecular formula is C12H18N2O2. The van der Waals surface area contributed by atoms with Crippen LogP contribution in [0, 0.1) is 12.3 Å². The maximum Gasteiger partial charge on any atom is 0.256 e. The fourth-order valence-corrected chi connectivity index (χ4v) is 2.34. The average Bonchev–Trinajstić information content (AvgIpc) is 2.72. The standard InChI is InChI=1S/C12H18N2O2/c1-8-10(7-13-16-8)11(15)14-9-4-5-12(2,3)6-9/h7,9H,4-6H2,1-3H3,(H,14,15). The second-order valence-corrected chi connectivity index (χ2v) is 5.37. The second-order valence-electron chi connectivity index (χ2n) is 5.37. The van der Waals surface area contributed by atoms with Gasteiger partial charge in [-0.1, -0.05) is 19.0 Å². The Morgan fingerprint density at radius 3 is 2.88 bits per heavy atom. The summed E-state index contributed by atoms with van der Waals surface area (Å²) in [5, 5.41) is 6.65. The first-order valence-corrected chi connectivity index (χ1v) is 5.70. The molecule has 1 aliphatic carbocycles. The van der Waals surface area contributed by atoms with Crippen LogP contribution in [0.1, 0.15) is 49.2 Å². The van der Waals surface area contributed by atoms with Crippen LogP contribution in [0.2, 0.25) is 0 Å². The summed E-state index contributed by atoms with van der Waals surface area (Å²) < 4.78 is 4.88. The van der Waals surface area contributed by atoms with Crippen molar-refractivity contribution in [2.24, 2.45) is 5.41 Å². The van der Waals surface area contributed by atoms with E-state index in [4.69, 9.17) is 4.52 Å². The minimum atomic E-state index is -0.0681. The molecule has 0 bridgehead atoms. The lowest BCUT2D eigenvalue weighted by Gasteiger charge is -2.17. The van der Waals surface area contributed by atoms with Crippen molar-refractivity contribution in [3.63, 3.8) is 0 Å². The van der Waals surface area contributed by atoms with Gasteiger partial charge in [-0.05, 0) is 31.6 Å². The summed E-state index contributed by atoms with van der Waals surface area (Å²) in [5.41, 5.74) is 0.895. The zero-order valence-electron chi connectivity index (χ0n) is 10.0. The molecule has 1 N–H and O–H groups in total. The molecule has 1 aromatic heterocycles. The van der Waals surface area contributed by atoms with Gasteiger partial charge in [0.25, 0.3) is 5.91 Å². The van der Waals surface area contributed by atoms with Crippen molar-refractivity contribution in [1.82, 2.24) is 10.5 Å². The van der Waals surface area contributed by atoms with E-state index in [2.05, 4.69) is 24.3 Å². The van der Waals surface area contributed by atoms with E-state index in [9.17, 15) is 4.79 Å². The van der Waals surface area contributed by atoms with Gasteiger partial charge >= 0.3 is 0 Å². The van der Waals surface area contributed by atoms with Crippen molar-refractivity contribution in [2.75, 3.05) is 0 Å². The zero-order valence-corrected chi connectivity index (χ0v) is 10.0. The number of nitrogens with zero attached hydrogens (tertiary/aromatic N) is 1. The van der Waals surface area contributed by atoms with Crippen LogP contribution in [-0.4, -0.2) is 17.1 Å². The normalized spacial score (nSPS) is 23.3. The first kappa shape index (κ1) is 11.2. The first-order chi connectivity index (χ1) is 7.48. The smallest absolute Gasteiger partial charge is 0.256 e. The molecule has 1 aromatic rings. The number of nitrogens with one attached hydrogen (secondary N) is 1. The number of aromatic nitrogens is 1. The van der Waals surface area contributed by atoms with Crippen LogP contribution in [0.25, 0.3) is 0 Å². The Bertz CT molecular complexity index is 395. The molecule has 2 rings (SSSR count). The zero-order chi connectivity index (χ0) is 11.8. The van der Waals surface area contributed by atoms with Crippen molar-refractivity contribution in [3.05, 3.63) is 17.5 Å². The third kappa shape index (κ3) is 2.26. The van der Waals surface area contributed by atoms with Gasteiger partial charge in [0.2, 0.25) is 0 Å². The molecule has 0 radical (unpaired) electrons. The van der Waals surface area contributed by atoms with Crippen LogP contribution in [0.15, 0.2) is 10.7 Å². The Kier molecular flexibility index (Phi) is 2.74. The van der Waals surface area contributed by atoms with Crippen LogP contribution in [-0.2, 0) is 0 Å². The van der Waals surface area contributed by atoms with Crippen molar-refractivity contribution in [3.8, 4) is 0 Å². The summed E-state index contributed by atoms with van der Waals surface area (Å²) in [7, 11) is 0. The number of carbonyl (C=O) groups excluding carboxylic acids is 1. The Morgan fingerprint density at radius 2 is 2.38 bits per heavy atom. The molecule has 1 saturated carbocycles. The Labute approximate surface area is 95.4 Å². The summed E-state index contributed by atoms with van der Waals surface area (Å²) in [5.74, 6) is 0.510. The van der Waals surface area contributed by atoms with Gasteiger partial charge in [0.1, 0.15) is 11.3 Å². The molecule has 88 valence electrons. The molecule has 16 heavy (non-hydrogen) atoms. The highest BCUT2D eigenvalue weighted by atomic mass is 16.5. The molecule has 0 saturated heterocycles. The van der Waals surface area contributed by atoms with E-state index in [1.165, 1.54) is 12.6 Å². The molecule has 0 aliphatic heterocycles.